The molecule has 0 aliphatic heterocycles. The molecule has 0 unspecified atom stereocenters. The molecule has 0 radical (unpaired) electrons. The number of benzene rings is 2. The van der Waals surface area contributed by atoms with Crippen molar-refractivity contribution in [1.82, 2.24) is 10.6 Å². The molecular formula is C22H24N2O4S. The second-order valence-corrected chi connectivity index (χ2v) is 7.75. The van der Waals surface area contributed by atoms with Crippen LogP contribution < -0.4 is 10.6 Å². The Labute approximate surface area is 174 Å². The molecule has 6 nitrogen and oxygen atoms in total. The monoisotopic (exact) mass is 412 g/mol. The molecule has 0 fully saturated rings. The van der Waals surface area contributed by atoms with Gasteiger partial charge in [-0.05, 0) is 49.4 Å². The maximum atomic E-state index is 12.5. The summed E-state index contributed by atoms with van der Waals surface area (Å²) in [5.41, 5.74) is 3.22. The summed E-state index contributed by atoms with van der Waals surface area (Å²) in [5, 5.41) is 4.70. The van der Waals surface area contributed by atoms with Gasteiger partial charge >= 0.3 is 12.0 Å². The fraction of sp³-hybridized carbons (Fsp3) is 0.318. The number of ether oxygens (including phenoxy) is 1. The Morgan fingerprint density at radius 2 is 1.83 bits per heavy atom. The molecule has 7 heteroatoms. The summed E-state index contributed by atoms with van der Waals surface area (Å²) in [6.07, 6.45) is 2.17. The number of fused-ring (bicyclic) bond motifs is 1. The van der Waals surface area contributed by atoms with Gasteiger partial charge in [0.05, 0.1) is 5.75 Å². The third kappa shape index (κ3) is 5.84. The Hall–Kier alpha value is -2.80. The van der Waals surface area contributed by atoms with Gasteiger partial charge in [-0.1, -0.05) is 36.4 Å². The van der Waals surface area contributed by atoms with Crippen molar-refractivity contribution < 1.29 is 19.1 Å². The van der Waals surface area contributed by atoms with E-state index in [2.05, 4.69) is 22.8 Å². The van der Waals surface area contributed by atoms with E-state index < -0.39 is 24.0 Å². The molecule has 0 heterocycles. The molecule has 29 heavy (non-hydrogen) atoms. The number of esters is 1. The summed E-state index contributed by atoms with van der Waals surface area (Å²) in [4.78, 5) is 37.6. The average Bonchev–Trinajstić information content (AvgIpc) is 3.19. The number of hydrogen-bond donors (Lipinski definition) is 2. The van der Waals surface area contributed by atoms with Gasteiger partial charge in [-0.2, -0.15) is 0 Å². The SMILES string of the molecule is CCNC(=O)NC(=O)[C@H](OC(=O)CSc1ccc2c(c1)CCC2)c1ccccc1. The molecule has 1 aliphatic rings. The zero-order chi connectivity index (χ0) is 20.6. The van der Waals surface area contributed by atoms with Gasteiger partial charge in [0.15, 0.2) is 0 Å². The van der Waals surface area contributed by atoms with Crippen molar-refractivity contribution in [3.8, 4) is 0 Å². The first-order valence-electron chi connectivity index (χ1n) is 9.64. The number of carbonyl (C=O) groups excluding carboxylic acids is 3. The molecule has 3 rings (SSSR count). The van der Waals surface area contributed by atoms with Crippen molar-refractivity contribution in [2.75, 3.05) is 12.3 Å². The van der Waals surface area contributed by atoms with Crippen molar-refractivity contribution in [1.29, 1.82) is 0 Å². The van der Waals surface area contributed by atoms with E-state index in [4.69, 9.17) is 4.74 Å². The lowest BCUT2D eigenvalue weighted by Gasteiger charge is -2.17. The molecule has 2 N–H and O–H groups in total. The quantitative estimate of drug-likeness (QED) is 0.538. The minimum Gasteiger partial charge on any atom is -0.447 e. The lowest BCUT2D eigenvalue weighted by atomic mass is 10.1. The summed E-state index contributed by atoms with van der Waals surface area (Å²) in [6.45, 7) is 2.13. The van der Waals surface area contributed by atoms with E-state index in [1.54, 1.807) is 37.3 Å². The van der Waals surface area contributed by atoms with E-state index in [-0.39, 0.29) is 5.75 Å². The minimum absolute atomic E-state index is 0.0799. The molecule has 3 amide bonds. The second-order valence-electron chi connectivity index (χ2n) is 6.70. The summed E-state index contributed by atoms with van der Waals surface area (Å²) < 4.78 is 5.44. The van der Waals surface area contributed by atoms with Gasteiger partial charge in [-0.25, -0.2) is 4.79 Å². The van der Waals surface area contributed by atoms with Gasteiger partial charge in [0.25, 0.3) is 5.91 Å². The van der Waals surface area contributed by atoms with Crippen LogP contribution in [0.25, 0.3) is 0 Å². The normalized spacial score (nSPS) is 13.3. The highest BCUT2D eigenvalue weighted by atomic mass is 32.2. The van der Waals surface area contributed by atoms with Crippen LogP contribution in [0.2, 0.25) is 0 Å². The molecule has 1 aliphatic carbocycles. The first-order chi connectivity index (χ1) is 14.1. The third-order valence-electron chi connectivity index (χ3n) is 4.59. The zero-order valence-electron chi connectivity index (χ0n) is 16.3. The highest BCUT2D eigenvalue weighted by molar-refractivity contribution is 8.00. The molecule has 0 bridgehead atoms. The van der Waals surface area contributed by atoms with Crippen molar-refractivity contribution in [3.05, 3.63) is 65.2 Å². The number of aryl methyl sites for hydroxylation is 2. The molecule has 152 valence electrons. The van der Waals surface area contributed by atoms with Crippen molar-refractivity contribution >= 4 is 29.7 Å². The van der Waals surface area contributed by atoms with Gasteiger partial charge in [-0.3, -0.25) is 14.9 Å². The number of hydrogen-bond acceptors (Lipinski definition) is 5. The summed E-state index contributed by atoms with van der Waals surface area (Å²) in [6, 6.07) is 14.3. The Balaban J connectivity index is 1.63. The number of nitrogens with one attached hydrogen (secondary N) is 2. The second kappa shape index (κ2) is 10.1. The first-order valence-corrected chi connectivity index (χ1v) is 10.6. The predicted octanol–water partition coefficient (Wildman–Crippen LogP) is 3.40. The van der Waals surface area contributed by atoms with E-state index in [9.17, 15) is 14.4 Å². The lowest BCUT2D eigenvalue weighted by Crippen LogP contribution is -2.42. The standard InChI is InChI=1S/C22H24N2O4S/c1-2-23-22(27)24-21(26)20(16-7-4-3-5-8-16)28-19(25)14-29-18-12-11-15-9-6-10-17(15)13-18/h3-5,7-8,11-13,20H,2,6,9-10,14H2,1H3,(H2,23,24,26,27)/t20-/m1/s1. The van der Waals surface area contributed by atoms with Gasteiger partial charge < -0.3 is 10.1 Å². The zero-order valence-corrected chi connectivity index (χ0v) is 17.1. The Morgan fingerprint density at radius 1 is 1.07 bits per heavy atom. The summed E-state index contributed by atoms with van der Waals surface area (Å²) >= 11 is 1.38. The minimum atomic E-state index is -1.19. The van der Waals surface area contributed by atoms with Crippen LogP contribution in [0.5, 0.6) is 0 Å². The fourth-order valence-corrected chi connectivity index (χ4v) is 3.97. The lowest BCUT2D eigenvalue weighted by molar-refractivity contribution is -0.153. The molecule has 0 saturated carbocycles. The number of carbonyl (C=O) groups is 3. The van der Waals surface area contributed by atoms with Crippen LogP contribution in [0.3, 0.4) is 0 Å². The highest BCUT2D eigenvalue weighted by Crippen LogP contribution is 2.28. The maximum Gasteiger partial charge on any atom is 0.321 e. The smallest absolute Gasteiger partial charge is 0.321 e. The fourth-order valence-electron chi connectivity index (χ4n) is 3.23. The Morgan fingerprint density at radius 3 is 2.59 bits per heavy atom. The van der Waals surface area contributed by atoms with E-state index in [0.717, 1.165) is 17.7 Å². The average molecular weight is 413 g/mol. The molecule has 0 spiro atoms. The van der Waals surface area contributed by atoms with Gasteiger partial charge in [0.2, 0.25) is 6.10 Å². The highest BCUT2D eigenvalue weighted by Gasteiger charge is 2.26. The Kier molecular flexibility index (Phi) is 7.30. The van der Waals surface area contributed by atoms with Crippen LogP contribution in [0.1, 0.15) is 36.1 Å². The number of rotatable bonds is 7. The molecule has 2 aromatic carbocycles. The van der Waals surface area contributed by atoms with E-state index in [1.807, 2.05) is 6.07 Å². The van der Waals surface area contributed by atoms with Crippen LogP contribution in [0.15, 0.2) is 53.4 Å². The number of amides is 3. The van der Waals surface area contributed by atoms with Crippen LogP contribution >= 0.6 is 11.8 Å². The number of thioether (sulfide) groups is 1. The van der Waals surface area contributed by atoms with Crippen LogP contribution in [-0.4, -0.2) is 30.2 Å². The van der Waals surface area contributed by atoms with Crippen molar-refractivity contribution in [3.63, 3.8) is 0 Å². The van der Waals surface area contributed by atoms with Gasteiger partial charge in [-0.15, -0.1) is 11.8 Å². The van der Waals surface area contributed by atoms with E-state index >= 15 is 0 Å². The van der Waals surface area contributed by atoms with Gasteiger partial charge in [0.1, 0.15) is 0 Å². The maximum absolute atomic E-state index is 12.5. The first kappa shape index (κ1) is 20.9. The third-order valence-corrected chi connectivity index (χ3v) is 5.56. The van der Waals surface area contributed by atoms with E-state index in [0.29, 0.717) is 12.1 Å². The van der Waals surface area contributed by atoms with Gasteiger partial charge in [0, 0.05) is 17.0 Å². The summed E-state index contributed by atoms with van der Waals surface area (Å²) in [5.74, 6) is -1.12. The number of urea groups is 1. The van der Waals surface area contributed by atoms with E-state index in [1.165, 1.54) is 29.3 Å². The Bertz CT molecular complexity index is 886. The molecule has 2 aromatic rings. The largest absolute Gasteiger partial charge is 0.447 e. The number of imide groups is 1. The summed E-state index contributed by atoms with van der Waals surface area (Å²) in [7, 11) is 0. The topological polar surface area (TPSA) is 84.5 Å². The van der Waals surface area contributed by atoms with Crippen molar-refractivity contribution in [2.45, 2.75) is 37.2 Å². The van der Waals surface area contributed by atoms with Crippen LogP contribution in [0.4, 0.5) is 4.79 Å². The molecular weight excluding hydrogens is 388 g/mol. The van der Waals surface area contributed by atoms with Crippen molar-refractivity contribution in [2.24, 2.45) is 0 Å². The predicted molar refractivity (Wildman–Crippen MR) is 112 cm³/mol. The molecule has 0 aromatic heterocycles. The molecule has 0 saturated heterocycles. The van der Waals surface area contributed by atoms with Crippen LogP contribution in [0, 0.1) is 0 Å². The van der Waals surface area contributed by atoms with Crippen LogP contribution in [-0.2, 0) is 27.2 Å². The molecule has 1 atom stereocenters.